The number of phenolic OH excluding ortho intramolecular Hbond substituents is 1. The lowest BCUT2D eigenvalue weighted by Gasteiger charge is -2.20. The summed E-state index contributed by atoms with van der Waals surface area (Å²) < 4.78 is 0.856. The van der Waals surface area contributed by atoms with Crippen molar-refractivity contribution in [3.63, 3.8) is 0 Å². The zero-order valence-electron chi connectivity index (χ0n) is 9.40. The normalized spacial score (nSPS) is 12.5. The van der Waals surface area contributed by atoms with Crippen LogP contribution in [0.2, 0.25) is 0 Å². The Bertz CT molecular complexity index is 366. The van der Waals surface area contributed by atoms with Gasteiger partial charge >= 0.3 is 0 Å². The highest BCUT2D eigenvalue weighted by Gasteiger charge is 2.17. The van der Waals surface area contributed by atoms with Crippen LogP contribution in [0, 0.1) is 5.92 Å². The van der Waals surface area contributed by atoms with Gasteiger partial charge in [0.1, 0.15) is 5.75 Å². The number of hydrogen-bond acceptors (Lipinski definition) is 2. The number of phenols is 1. The number of amides is 1. The van der Waals surface area contributed by atoms with Crippen LogP contribution in [0.3, 0.4) is 0 Å². The zero-order chi connectivity index (χ0) is 12.1. The predicted octanol–water partition coefficient (Wildman–Crippen LogP) is 2.58. The van der Waals surface area contributed by atoms with Crippen LogP contribution in [0.5, 0.6) is 5.75 Å². The van der Waals surface area contributed by atoms with E-state index in [4.69, 9.17) is 0 Å². The average molecular weight is 333 g/mol. The number of aromatic hydroxyl groups is 1. The van der Waals surface area contributed by atoms with Gasteiger partial charge in [0.2, 0.25) is 0 Å². The van der Waals surface area contributed by atoms with Crippen molar-refractivity contribution in [3.8, 4) is 5.75 Å². The Hall–Kier alpha value is -0.780. The number of nitrogens with one attached hydrogen (secondary N) is 1. The van der Waals surface area contributed by atoms with E-state index in [1.807, 2.05) is 0 Å². The van der Waals surface area contributed by atoms with Crippen LogP contribution in [-0.2, 0) is 0 Å². The lowest BCUT2D eigenvalue weighted by Crippen LogP contribution is -2.39. The van der Waals surface area contributed by atoms with E-state index in [1.54, 1.807) is 18.2 Å². The second-order valence-corrected chi connectivity index (χ2v) is 4.88. The van der Waals surface area contributed by atoms with Gasteiger partial charge < -0.3 is 10.4 Å². The maximum absolute atomic E-state index is 11.9. The molecule has 0 aliphatic rings. The van der Waals surface area contributed by atoms with Crippen LogP contribution in [0.25, 0.3) is 0 Å². The molecule has 4 heteroatoms. The van der Waals surface area contributed by atoms with Crippen LogP contribution >= 0.6 is 22.6 Å². The van der Waals surface area contributed by atoms with Gasteiger partial charge in [-0.2, -0.15) is 0 Å². The van der Waals surface area contributed by atoms with E-state index >= 15 is 0 Å². The Morgan fingerprint density at radius 3 is 2.56 bits per heavy atom. The first-order valence-electron chi connectivity index (χ1n) is 5.21. The second kappa shape index (κ2) is 6.08. The summed E-state index contributed by atoms with van der Waals surface area (Å²) in [7, 11) is 0. The molecule has 0 heterocycles. The molecule has 16 heavy (non-hydrogen) atoms. The van der Waals surface area contributed by atoms with Crippen molar-refractivity contribution >= 4 is 28.5 Å². The van der Waals surface area contributed by atoms with E-state index in [2.05, 4.69) is 41.8 Å². The number of rotatable bonds is 4. The molecule has 2 N–H and O–H groups in total. The molecule has 88 valence electrons. The van der Waals surface area contributed by atoms with Crippen molar-refractivity contribution in [3.05, 3.63) is 29.8 Å². The third-order valence-electron chi connectivity index (χ3n) is 2.44. The van der Waals surface area contributed by atoms with Crippen molar-refractivity contribution in [2.75, 3.05) is 4.43 Å². The van der Waals surface area contributed by atoms with E-state index in [0.717, 1.165) is 4.43 Å². The molecule has 3 nitrogen and oxygen atoms in total. The van der Waals surface area contributed by atoms with Crippen molar-refractivity contribution < 1.29 is 9.90 Å². The monoisotopic (exact) mass is 333 g/mol. The minimum atomic E-state index is -0.214. The minimum absolute atomic E-state index is 0.0240. The molecule has 0 spiro atoms. The summed E-state index contributed by atoms with van der Waals surface area (Å²) >= 11 is 2.25. The maximum atomic E-state index is 11.9. The summed E-state index contributed by atoms with van der Waals surface area (Å²) in [6.45, 7) is 4.13. The van der Waals surface area contributed by atoms with Crippen molar-refractivity contribution in [1.82, 2.24) is 5.32 Å². The summed E-state index contributed by atoms with van der Waals surface area (Å²) in [6.07, 6.45) is 0. The Balaban J connectivity index is 2.76. The third-order valence-corrected chi connectivity index (χ3v) is 3.39. The van der Waals surface area contributed by atoms with E-state index in [0.29, 0.717) is 11.5 Å². The Kier molecular flexibility index (Phi) is 5.05. The summed E-state index contributed by atoms with van der Waals surface area (Å²) in [5, 5.41) is 12.5. The number of hydrogen-bond donors (Lipinski definition) is 2. The Labute approximate surface area is 109 Å². The molecule has 1 aromatic rings. The molecular formula is C12H16INO2. The van der Waals surface area contributed by atoms with Crippen LogP contribution in [0.15, 0.2) is 24.3 Å². The third kappa shape index (κ3) is 3.37. The van der Waals surface area contributed by atoms with Crippen molar-refractivity contribution in [1.29, 1.82) is 0 Å². The first-order chi connectivity index (χ1) is 7.56. The molecule has 1 aromatic carbocycles. The number of carbonyl (C=O) groups excluding carboxylic acids is 1. The number of benzene rings is 1. The molecule has 1 rings (SSSR count). The largest absolute Gasteiger partial charge is 0.507 e. The van der Waals surface area contributed by atoms with Crippen LogP contribution in [0.1, 0.15) is 24.2 Å². The quantitative estimate of drug-likeness (QED) is 0.657. The highest BCUT2D eigenvalue weighted by atomic mass is 127. The molecule has 0 radical (unpaired) electrons. The molecule has 0 saturated carbocycles. The van der Waals surface area contributed by atoms with E-state index < -0.39 is 0 Å². The molecule has 0 aliphatic carbocycles. The molecule has 1 unspecified atom stereocenters. The summed E-state index contributed by atoms with van der Waals surface area (Å²) in [5.74, 6) is 0.191. The van der Waals surface area contributed by atoms with Crippen LogP contribution in [0.4, 0.5) is 0 Å². The van der Waals surface area contributed by atoms with E-state index in [1.165, 1.54) is 6.07 Å². The van der Waals surface area contributed by atoms with Crippen LogP contribution in [-0.4, -0.2) is 21.5 Å². The lowest BCUT2D eigenvalue weighted by molar-refractivity contribution is 0.0929. The molecule has 0 fully saturated rings. The van der Waals surface area contributed by atoms with Gasteiger partial charge in [-0.25, -0.2) is 0 Å². The number of alkyl halides is 1. The number of carbonyl (C=O) groups is 1. The number of para-hydroxylation sites is 1. The summed E-state index contributed by atoms with van der Waals surface area (Å²) in [6, 6.07) is 6.71. The molecule has 0 saturated heterocycles. The second-order valence-electron chi connectivity index (χ2n) is 4.00. The number of halogens is 1. The minimum Gasteiger partial charge on any atom is -0.507 e. The maximum Gasteiger partial charge on any atom is 0.255 e. The highest BCUT2D eigenvalue weighted by Crippen LogP contribution is 2.16. The van der Waals surface area contributed by atoms with Gasteiger partial charge in [0.15, 0.2) is 0 Å². The van der Waals surface area contributed by atoms with Gasteiger partial charge in [0, 0.05) is 10.5 Å². The first-order valence-corrected chi connectivity index (χ1v) is 6.73. The van der Waals surface area contributed by atoms with E-state index in [-0.39, 0.29) is 17.7 Å². The summed E-state index contributed by atoms with van der Waals surface area (Å²) in [4.78, 5) is 11.9. The van der Waals surface area contributed by atoms with Gasteiger partial charge in [-0.15, -0.1) is 0 Å². The van der Waals surface area contributed by atoms with Gasteiger partial charge in [-0.05, 0) is 18.1 Å². The van der Waals surface area contributed by atoms with Gasteiger partial charge in [-0.1, -0.05) is 48.6 Å². The molecule has 0 aromatic heterocycles. The Morgan fingerprint density at radius 1 is 1.44 bits per heavy atom. The first kappa shape index (κ1) is 13.3. The van der Waals surface area contributed by atoms with Crippen molar-refractivity contribution in [2.24, 2.45) is 5.92 Å². The highest BCUT2D eigenvalue weighted by molar-refractivity contribution is 14.1. The molecule has 0 bridgehead atoms. The van der Waals surface area contributed by atoms with Gasteiger partial charge in [-0.3, -0.25) is 4.79 Å². The molecule has 1 atom stereocenters. The average Bonchev–Trinajstić information content (AvgIpc) is 2.25. The topological polar surface area (TPSA) is 49.3 Å². The molecule has 0 aliphatic heterocycles. The summed E-state index contributed by atoms with van der Waals surface area (Å²) in [5.41, 5.74) is 0.331. The van der Waals surface area contributed by atoms with Crippen LogP contribution < -0.4 is 5.32 Å². The fourth-order valence-corrected chi connectivity index (χ4v) is 2.53. The lowest BCUT2D eigenvalue weighted by atomic mass is 10.1. The van der Waals surface area contributed by atoms with Gasteiger partial charge in [0.05, 0.1) is 5.56 Å². The van der Waals surface area contributed by atoms with Crippen molar-refractivity contribution in [2.45, 2.75) is 19.9 Å². The zero-order valence-corrected chi connectivity index (χ0v) is 11.6. The Morgan fingerprint density at radius 2 is 2.06 bits per heavy atom. The molecule has 1 amide bonds. The van der Waals surface area contributed by atoms with Gasteiger partial charge in [0.25, 0.3) is 5.91 Å². The fraction of sp³-hybridized carbons (Fsp3) is 0.417. The van der Waals surface area contributed by atoms with E-state index in [9.17, 15) is 9.90 Å². The fourth-order valence-electron chi connectivity index (χ4n) is 1.30. The smallest absolute Gasteiger partial charge is 0.255 e. The SMILES string of the molecule is CC(C)C(CI)NC(=O)c1ccccc1O. The predicted molar refractivity (Wildman–Crippen MR) is 73.1 cm³/mol. The standard InChI is InChI=1S/C12H16INO2/c1-8(2)10(7-13)14-12(16)9-5-3-4-6-11(9)15/h3-6,8,10,15H,7H2,1-2H3,(H,14,16). The molecular weight excluding hydrogens is 317 g/mol.